The summed E-state index contributed by atoms with van der Waals surface area (Å²) in [6.07, 6.45) is 3.89. The minimum absolute atomic E-state index is 0.430. The molecule has 3 rings (SSSR count). The van der Waals surface area contributed by atoms with Crippen molar-refractivity contribution < 1.29 is 17.2 Å². The van der Waals surface area contributed by atoms with E-state index < -0.39 is 32.6 Å². The fourth-order valence-electron chi connectivity index (χ4n) is 3.06. The Balaban J connectivity index is 2.03. The number of sulfonamides is 1. The zero-order valence-corrected chi connectivity index (χ0v) is 13.6. The molecule has 23 heavy (non-hydrogen) atoms. The number of hydrogen-bond acceptors (Lipinski definition) is 3. The van der Waals surface area contributed by atoms with Crippen LogP contribution in [0.2, 0.25) is 0 Å². The highest BCUT2D eigenvalue weighted by Crippen LogP contribution is 2.36. The Morgan fingerprint density at radius 2 is 2.09 bits per heavy atom. The van der Waals surface area contributed by atoms with E-state index in [1.165, 1.54) is 7.05 Å². The van der Waals surface area contributed by atoms with E-state index >= 15 is 0 Å². The summed E-state index contributed by atoms with van der Waals surface area (Å²) in [5, 5.41) is 4.18. The van der Waals surface area contributed by atoms with Crippen LogP contribution in [0.25, 0.3) is 0 Å². The first kappa shape index (κ1) is 16.1. The molecule has 1 aliphatic rings. The Morgan fingerprint density at radius 3 is 2.83 bits per heavy atom. The molecule has 0 bridgehead atoms. The van der Waals surface area contributed by atoms with Gasteiger partial charge in [0, 0.05) is 25.4 Å². The van der Waals surface area contributed by atoms with Crippen molar-refractivity contribution in [2.24, 2.45) is 7.05 Å². The molecule has 0 amide bonds. The zero-order chi connectivity index (χ0) is 16.8. The molecule has 1 aliphatic carbocycles. The van der Waals surface area contributed by atoms with E-state index in [9.17, 15) is 17.2 Å². The molecule has 0 N–H and O–H groups in total. The summed E-state index contributed by atoms with van der Waals surface area (Å²) in [6, 6.07) is 2.01. The molecule has 1 heterocycles. The summed E-state index contributed by atoms with van der Waals surface area (Å²) in [4.78, 5) is -0.643. The average Bonchev–Trinajstić information content (AvgIpc) is 2.90. The molecular formula is C15H17F2N3O2S. The standard InChI is InChI=1S/C15H17F2N3O2S/c1-19-13-4-3-5-14(11(13)9-18-19)20(2)23(21,22)15-8-10(16)6-7-12(15)17/h6-9,14H,3-5H2,1-2H3/t14-/m1/s1. The van der Waals surface area contributed by atoms with Crippen molar-refractivity contribution in [2.75, 3.05) is 7.05 Å². The number of halogens is 2. The van der Waals surface area contributed by atoms with Crippen LogP contribution in [0.15, 0.2) is 29.3 Å². The first-order valence-corrected chi connectivity index (χ1v) is 8.70. The second-order valence-corrected chi connectivity index (χ2v) is 7.64. The molecule has 0 fully saturated rings. The highest BCUT2D eigenvalue weighted by Gasteiger charge is 2.35. The molecule has 0 saturated carbocycles. The highest BCUT2D eigenvalue weighted by molar-refractivity contribution is 7.89. The third-order valence-corrected chi connectivity index (χ3v) is 6.21. The van der Waals surface area contributed by atoms with Crippen LogP contribution < -0.4 is 0 Å². The molecule has 0 spiro atoms. The van der Waals surface area contributed by atoms with Gasteiger partial charge in [-0.05, 0) is 37.5 Å². The van der Waals surface area contributed by atoms with E-state index in [-0.39, 0.29) is 0 Å². The van der Waals surface area contributed by atoms with Gasteiger partial charge in [-0.2, -0.15) is 9.40 Å². The van der Waals surface area contributed by atoms with Gasteiger partial charge in [0.05, 0.1) is 12.2 Å². The van der Waals surface area contributed by atoms with Gasteiger partial charge in [0.25, 0.3) is 0 Å². The van der Waals surface area contributed by atoms with Gasteiger partial charge < -0.3 is 0 Å². The van der Waals surface area contributed by atoms with E-state index in [1.807, 2.05) is 7.05 Å². The lowest BCUT2D eigenvalue weighted by Crippen LogP contribution is -2.33. The number of fused-ring (bicyclic) bond motifs is 1. The van der Waals surface area contributed by atoms with Gasteiger partial charge in [-0.3, -0.25) is 4.68 Å². The first-order valence-electron chi connectivity index (χ1n) is 7.26. The SMILES string of the molecule is CN([C@@H]1CCCc2c1cnn2C)S(=O)(=O)c1cc(F)ccc1F. The lowest BCUT2D eigenvalue weighted by molar-refractivity contribution is 0.333. The summed E-state index contributed by atoms with van der Waals surface area (Å²) in [6.45, 7) is 0. The number of aromatic nitrogens is 2. The first-order chi connectivity index (χ1) is 10.8. The second kappa shape index (κ2) is 5.68. The van der Waals surface area contributed by atoms with Crippen LogP contribution in [0.1, 0.15) is 30.1 Å². The van der Waals surface area contributed by atoms with Crippen molar-refractivity contribution in [3.05, 3.63) is 47.3 Å². The monoisotopic (exact) mass is 341 g/mol. The summed E-state index contributed by atoms with van der Waals surface area (Å²) in [7, 11) is -0.941. The Bertz CT molecular complexity index is 848. The summed E-state index contributed by atoms with van der Waals surface area (Å²) in [5.41, 5.74) is 1.80. The number of nitrogens with zero attached hydrogens (tertiary/aromatic N) is 3. The molecule has 124 valence electrons. The van der Waals surface area contributed by atoms with Gasteiger partial charge >= 0.3 is 0 Å². The molecule has 5 nitrogen and oxygen atoms in total. The fraction of sp³-hybridized carbons (Fsp3) is 0.400. The van der Waals surface area contributed by atoms with Crippen LogP contribution in [0.5, 0.6) is 0 Å². The van der Waals surface area contributed by atoms with Crippen molar-refractivity contribution in [3.63, 3.8) is 0 Å². The number of hydrogen-bond donors (Lipinski definition) is 0. The van der Waals surface area contributed by atoms with Crippen LogP contribution in [0.4, 0.5) is 8.78 Å². The molecule has 8 heteroatoms. The van der Waals surface area contributed by atoms with Gasteiger partial charge in [0.2, 0.25) is 10.0 Å². The Kier molecular flexibility index (Phi) is 3.97. The van der Waals surface area contributed by atoms with E-state index in [0.29, 0.717) is 12.5 Å². The molecule has 0 radical (unpaired) electrons. The summed E-state index contributed by atoms with van der Waals surface area (Å²) in [5.74, 6) is -1.75. The smallest absolute Gasteiger partial charge is 0.246 e. The maximum absolute atomic E-state index is 13.9. The van der Waals surface area contributed by atoms with Crippen molar-refractivity contribution >= 4 is 10.0 Å². The van der Waals surface area contributed by atoms with Gasteiger partial charge in [-0.25, -0.2) is 17.2 Å². The fourth-order valence-corrected chi connectivity index (χ4v) is 4.50. The third kappa shape index (κ3) is 2.66. The van der Waals surface area contributed by atoms with Gasteiger partial charge in [-0.1, -0.05) is 0 Å². The summed E-state index contributed by atoms with van der Waals surface area (Å²) >= 11 is 0. The van der Waals surface area contributed by atoms with E-state index in [2.05, 4.69) is 5.10 Å². The van der Waals surface area contributed by atoms with Crippen LogP contribution in [0.3, 0.4) is 0 Å². The van der Waals surface area contributed by atoms with Crippen molar-refractivity contribution in [1.29, 1.82) is 0 Å². The highest BCUT2D eigenvalue weighted by atomic mass is 32.2. The molecule has 0 aliphatic heterocycles. The molecule has 2 aromatic rings. The molecule has 0 saturated heterocycles. The predicted molar refractivity (Wildman–Crippen MR) is 80.2 cm³/mol. The number of benzene rings is 1. The molecule has 1 aromatic carbocycles. The molecule has 1 atom stereocenters. The van der Waals surface area contributed by atoms with E-state index in [4.69, 9.17) is 0 Å². The summed E-state index contributed by atoms with van der Waals surface area (Å²) < 4.78 is 55.5. The van der Waals surface area contributed by atoms with Crippen LogP contribution in [-0.2, 0) is 23.5 Å². The van der Waals surface area contributed by atoms with Crippen molar-refractivity contribution in [1.82, 2.24) is 14.1 Å². The van der Waals surface area contributed by atoms with E-state index in [1.54, 1.807) is 10.9 Å². The average molecular weight is 341 g/mol. The predicted octanol–water partition coefficient (Wildman–Crippen LogP) is 2.40. The van der Waals surface area contributed by atoms with Crippen molar-refractivity contribution in [2.45, 2.75) is 30.2 Å². The van der Waals surface area contributed by atoms with Crippen molar-refractivity contribution in [3.8, 4) is 0 Å². The van der Waals surface area contributed by atoms with Crippen LogP contribution in [-0.4, -0.2) is 29.6 Å². The lowest BCUT2D eigenvalue weighted by atomic mass is 9.93. The maximum atomic E-state index is 13.9. The minimum Gasteiger partial charge on any atom is -0.272 e. The normalized spacial score (nSPS) is 18.2. The Hall–Kier alpha value is -1.80. The number of rotatable bonds is 3. The molecule has 1 aromatic heterocycles. The lowest BCUT2D eigenvalue weighted by Gasteiger charge is -2.30. The second-order valence-electron chi connectivity index (χ2n) is 5.67. The van der Waals surface area contributed by atoms with Gasteiger partial charge in [0.15, 0.2) is 0 Å². The number of aryl methyl sites for hydroxylation is 1. The topological polar surface area (TPSA) is 55.2 Å². The molecule has 0 unspecified atom stereocenters. The van der Waals surface area contributed by atoms with E-state index in [0.717, 1.165) is 40.5 Å². The zero-order valence-electron chi connectivity index (χ0n) is 12.8. The van der Waals surface area contributed by atoms with Gasteiger partial charge in [0.1, 0.15) is 16.5 Å². The maximum Gasteiger partial charge on any atom is 0.246 e. The largest absolute Gasteiger partial charge is 0.272 e. The van der Waals surface area contributed by atoms with Gasteiger partial charge in [-0.15, -0.1) is 0 Å². The Labute approximate surface area is 133 Å². The van der Waals surface area contributed by atoms with Crippen LogP contribution >= 0.6 is 0 Å². The van der Waals surface area contributed by atoms with Crippen LogP contribution in [0, 0.1) is 11.6 Å². The minimum atomic E-state index is -4.14. The molecular weight excluding hydrogens is 324 g/mol. The third-order valence-electron chi connectivity index (χ3n) is 4.33. The quantitative estimate of drug-likeness (QED) is 0.861. The Morgan fingerprint density at radius 1 is 1.35 bits per heavy atom.